The van der Waals surface area contributed by atoms with Crippen LogP contribution in [-0.2, 0) is 11.2 Å². The van der Waals surface area contributed by atoms with Gasteiger partial charge in [-0.15, -0.1) is 0 Å². The number of nitrogens with zero attached hydrogens (tertiary/aromatic N) is 1. The summed E-state index contributed by atoms with van der Waals surface area (Å²) in [6, 6.07) is 14.9. The van der Waals surface area contributed by atoms with Crippen LogP contribution in [-0.4, -0.2) is 17.6 Å². The SMILES string of the molecule is CCC(=O)Oc1c(N)cccc1OCCc1nc(-c2ccccc2)oc1C. The number of carbonyl (C=O) groups is 1. The molecule has 140 valence electrons. The molecule has 27 heavy (non-hydrogen) atoms. The highest BCUT2D eigenvalue weighted by molar-refractivity contribution is 5.76. The van der Waals surface area contributed by atoms with Gasteiger partial charge in [0.1, 0.15) is 5.76 Å². The zero-order valence-electron chi connectivity index (χ0n) is 15.4. The summed E-state index contributed by atoms with van der Waals surface area (Å²) in [7, 11) is 0. The van der Waals surface area contributed by atoms with Gasteiger partial charge < -0.3 is 19.6 Å². The summed E-state index contributed by atoms with van der Waals surface area (Å²) in [6.07, 6.45) is 0.812. The normalized spacial score (nSPS) is 10.6. The summed E-state index contributed by atoms with van der Waals surface area (Å²) >= 11 is 0. The first-order chi connectivity index (χ1) is 13.1. The number of carbonyl (C=O) groups excluding carboxylic acids is 1. The molecule has 0 aliphatic rings. The number of aryl methyl sites for hydroxylation is 1. The number of para-hydroxylation sites is 1. The van der Waals surface area contributed by atoms with Gasteiger partial charge in [-0.2, -0.15) is 0 Å². The average molecular weight is 366 g/mol. The standard InChI is InChI=1S/C21H22N2O4/c1-3-19(24)27-20-16(22)10-7-11-18(20)25-13-12-17-14(2)26-21(23-17)15-8-5-4-6-9-15/h4-11H,3,12-13,22H2,1-2H3. The van der Waals surface area contributed by atoms with Crippen LogP contribution in [0.5, 0.6) is 11.5 Å². The molecule has 0 radical (unpaired) electrons. The second-order valence-electron chi connectivity index (χ2n) is 5.99. The van der Waals surface area contributed by atoms with E-state index in [4.69, 9.17) is 19.6 Å². The molecule has 2 aromatic carbocycles. The molecule has 0 aliphatic carbocycles. The summed E-state index contributed by atoms with van der Waals surface area (Å²) < 4.78 is 16.8. The molecule has 6 heteroatoms. The van der Waals surface area contributed by atoms with E-state index in [2.05, 4.69) is 4.98 Å². The van der Waals surface area contributed by atoms with Crippen LogP contribution in [0.3, 0.4) is 0 Å². The van der Waals surface area contributed by atoms with E-state index >= 15 is 0 Å². The van der Waals surface area contributed by atoms with Crippen molar-refractivity contribution in [2.45, 2.75) is 26.7 Å². The molecule has 0 atom stereocenters. The second-order valence-corrected chi connectivity index (χ2v) is 5.99. The van der Waals surface area contributed by atoms with E-state index in [1.54, 1.807) is 25.1 Å². The number of esters is 1. The maximum Gasteiger partial charge on any atom is 0.311 e. The van der Waals surface area contributed by atoms with Crippen LogP contribution in [0.1, 0.15) is 24.8 Å². The average Bonchev–Trinajstić information content (AvgIpc) is 3.05. The molecular weight excluding hydrogens is 344 g/mol. The molecule has 0 amide bonds. The van der Waals surface area contributed by atoms with Crippen molar-refractivity contribution in [2.24, 2.45) is 0 Å². The van der Waals surface area contributed by atoms with Crippen molar-refractivity contribution >= 4 is 11.7 Å². The minimum absolute atomic E-state index is 0.256. The quantitative estimate of drug-likeness (QED) is 0.384. The molecule has 0 spiro atoms. The van der Waals surface area contributed by atoms with E-state index in [1.165, 1.54) is 0 Å². The molecule has 0 bridgehead atoms. The minimum atomic E-state index is -0.363. The molecule has 0 unspecified atom stereocenters. The number of nitrogens with two attached hydrogens (primary N) is 1. The third-order valence-corrected chi connectivity index (χ3v) is 4.02. The lowest BCUT2D eigenvalue weighted by molar-refractivity contribution is -0.134. The van der Waals surface area contributed by atoms with E-state index in [0.717, 1.165) is 17.0 Å². The number of rotatable bonds is 7. The third kappa shape index (κ3) is 4.47. The van der Waals surface area contributed by atoms with Crippen molar-refractivity contribution < 1.29 is 18.7 Å². The first kappa shape index (κ1) is 18.5. The maximum atomic E-state index is 11.6. The van der Waals surface area contributed by atoms with Gasteiger partial charge in [-0.05, 0) is 31.2 Å². The van der Waals surface area contributed by atoms with Crippen molar-refractivity contribution in [1.82, 2.24) is 4.98 Å². The summed E-state index contributed by atoms with van der Waals surface area (Å²) in [5.41, 5.74) is 8.03. The number of benzene rings is 2. The number of hydrogen-bond acceptors (Lipinski definition) is 6. The van der Waals surface area contributed by atoms with E-state index in [9.17, 15) is 4.79 Å². The number of ether oxygens (including phenoxy) is 2. The molecule has 0 saturated heterocycles. The van der Waals surface area contributed by atoms with Crippen LogP contribution in [0.25, 0.3) is 11.5 Å². The number of hydrogen-bond donors (Lipinski definition) is 1. The lowest BCUT2D eigenvalue weighted by Crippen LogP contribution is -2.10. The van der Waals surface area contributed by atoms with Gasteiger partial charge in [0.25, 0.3) is 0 Å². The largest absolute Gasteiger partial charge is 0.489 e. The summed E-state index contributed by atoms with van der Waals surface area (Å²) in [6.45, 7) is 3.95. The Bertz CT molecular complexity index is 919. The molecule has 2 N–H and O–H groups in total. The van der Waals surface area contributed by atoms with Crippen LogP contribution in [0.2, 0.25) is 0 Å². The first-order valence-electron chi connectivity index (χ1n) is 8.82. The highest BCUT2D eigenvalue weighted by Gasteiger charge is 2.15. The van der Waals surface area contributed by atoms with Crippen LogP contribution < -0.4 is 15.2 Å². The predicted molar refractivity (Wildman–Crippen MR) is 103 cm³/mol. The minimum Gasteiger partial charge on any atom is -0.489 e. The van der Waals surface area contributed by atoms with E-state index in [1.807, 2.05) is 37.3 Å². The molecule has 0 saturated carbocycles. The van der Waals surface area contributed by atoms with Gasteiger partial charge >= 0.3 is 5.97 Å². The zero-order chi connectivity index (χ0) is 19.2. The molecule has 1 heterocycles. The van der Waals surface area contributed by atoms with Crippen molar-refractivity contribution in [3.8, 4) is 23.0 Å². The van der Waals surface area contributed by atoms with Gasteiger partial charge in [0.2, 0.25) is 5.89 Å². The van der Waals surface area contributed by atoms with Crippen LogP contribution in [0.15, 0.2) is 52.9 Å². The maximum absolute atomic E-state index is 11.6. The summed E-state index contributed by atoms with van der Waals surface area (Å²) in [5, 5.41) is 0. The molecular formula is C21H22N2O4. The zero-order valence-corrected chi connectivity index (χ0v) is 15.4. The van der Waals surface area contributed by atoms with Crippen molar-refractivity contribution in [1.29, 1.82) is 0 Å². The van der Waals surface area contributed by atoms with Gasteiger partial charge in [-0.25, -0.2) is 4.98 Å². The molecule has 1 aromatic heterocycles. The number of nitrogen functional groups attached to an aromatic ring is 1. The molecule has 3 rings (SSSR count). The second kappa shape index (κ2) is 8.40. The lowest BCUT2D eigenvalue weighted by Gasteiger charge is -2.12. The molecule has 0 fully saturated rings. The fraction of sp³-hybridized carbons (Fsp3) is 0.238. The van der Waals surface area contributed by atoms with Gasteiger partial charge in [0, 0.05) is 18.4 Å². The number of anilines is 1. The fourth-order valence-corrected chi connectivity index (χ4v) is 2.56. The van der Waals surface area contributed by atoms with Crippen molar-refractivity contribution in [3.63, 3.8) is 0 Å². The van der Waals surface area contributed by atoms with Crippen LogP contribution >= 0.6 is 0 Å². The van der Waals surface area contributed by atoms with Gasteiger partial charge in [0.05, 0.1) is 18.0 Å². The van der Waals surface area contributed by atoms with Crippen molar-refractivity contribution in [2.75, 3.05) is 12.3 Å². The monoisotopic (exact) mass is 366 g/mol. The Balaban J connectivity index is 1.68. The van der Waals surface area contributed by atoms with E-state index < -0.39 is 0 Å². The van der Waals surface area contributed by atoms with Gasteiger partial charge in [-0.1, -0.05) is 31.2 Å². The Hall–Kier alpha value is -3.28. The van der Waals surface area contributed by atoms with Gasteiger partial charge in [-0.3, -0.25) is 4.79 Å². The van der Waals surface area contributed by atoms with Gasteiger partial charge in [0.15, 0.2) is 11.5 Å². The molecule has 0 aliphatic heterocycles. The number of oxazole rings is 1. The Labute approximate surface area is 157 Å². The lowest BCUT2D eigenvalue weighted by atomic mass is 10.2. The highest BCUT2D eigenvalue weighted by atomic mass is 16.6. The first-order valence-corrected chi connectivity index (χ1v) is 8.82. The Morgan fingerprint density at radius 1 is 1.15 bits per heavy atom. The van der Waals surface area contributed by atoms with E-state index in [0.29, 0.717) is 30.4 Å². The molecule has 3 aromatic rings. The van der Waals surface area contributed by atoms with Crippen molar-refractivity contribution in [3.05, 3.63) is 60.0 Å². The Morgan fingerprint density at radius 3 is 2.67 bits per heavy atom. The number of aromatic nitrogens is 1. The summed E-state index contributed by atoms with van der Waals surface area (Å²) in [5.74, 6) is 1.66. The predicted octanol–water partition coefficient (Wildman–Crippen LogP) is 4.17. The molecule has 6 nitrogen and oxygen atoms in total. The highest BCUT2D eigenvalue weighted by Crippen LogP contribution is 2.33. The fourth-order valence-electron chi connectivity index (χ4n) is 2.56. The Kier molecular flexibility index (Phi) is 5.76. The topological polar surface area (TPSA) is 87.6 Å². The Morgan fingerprint density at radius 2 is 1.93 bits per heavy atom. The van der Waals surface area contributed by atoms with Crippen LogP contribution in [0.4, 0.5) is 5.69 Å². The smallest absolute Gasteiger partial charge is 0.311 e. The summed E-state index contributed by atoms with van der Waals surface area (Å²) in [4.78, 5) is 16.2. The van der Waals surface area contributed by atoms with Crippen LogP contribution in [0, 0.1) is 6.92 Å². The third-order valence-electron chi connectivity index (χ3n) is 4.02. The van der Waals surface area contributed by atoms with E-state index in [-0.39, 0.29) is 18.1 Å².